The lowest BCUT2D eigenvalue weighted by Gasteiger charge is -2.39. The number of ether oxygens (including phenoxy) is 1. The number of rotatable bonds is 7. The SMILES string of the molecule is CC(C)(Cc1cc(O[Si](C)(C)C(C)(C)C)cc(C2(C=O)CCOCC2)c1)[Si](C)(C)O. The van der Waals surface area contributed by atoms with Gasteiger partial charge in [0.2, 0.25) is 8.32 Å². The van der Waals surface area contributed by atoms with Crippen molar-refractivity contribution >= 4 is 22.9 Å². The van der Waals surface area contributed by atoms with Crippen LogP contribution in [0.25, 0.3) is 0 Å². The summed E-state index contributed by atoms with van der Waals surface area (Å²) in [6.07, 6.45) is 3.27. The van der Waals surface area contributed by atoms with Gasteiger partial charge in [0.1, 0.15) is 12.0 Å². The second-order valence-electron chi connectivity index (χ2n) is 11.7. The Hall–Kier alpha value is -0.956. The van der Waals surface area contributed by atoms with Crippen molar-refractivity contribution in [2.75, 3.05) is 13.2 Å². The van der Waals surface area contributed by atoms with E-state index in [4.69, 9.17) is 9.16 Å². The van der Waals surface area contributed by atoms with Crippen LogP contribution in [0.5, 0.6) is 5.75 Å². The zero-order chi connectivity index (χ0) is 23.0. The van der Waals surface area contributed by atoms with Crippen molar-refractivity contribution in [3.63, 3.8) is 0 Å². The molecule has 0 spiro atoms. The predicted molar refractivity (Wildman–Crippen MR) is 130 cm³/mol. The first kappa shape index (κ1) is 25.3. The van der Waals surface area contributed by atoms with Gasteiger partial charge in [-0.05, 0) is 78.8 Å². The maximum atomic E-state index is 12.3. The first-order valence-corrected chi connectivity index (χ1v) is 17.0. The molecule has 2 rings (SSSR count). The van der Waals surface area contributed by atoms with Crippen molar-refractivity contribution in [1.29, 1.82) is 0 Å². The van der Waals surface area contributed by atoms with Gasteiger partial charge in [0.15, 0.2) is 8.32 Å². The number of hydrogen-bond acceptors (Lipinski definition) is 4. The molecule has 1 aliphatic heterocycles. The van der Waals surface area contributed by atoms with E-state index in [0.717, 1.165) is 29.6 Å². The average molecular weight is 451 g/mol. The average Bonchev–Trinajstić information content (AvgIpc) is 2.59. The zero-order valence-electron chi connectivity index (χ0n) is 20.5. The third-order valence-electron chi connectivity index (χ3n) is 7.63. The Morgan fingerprint density at radius 2 is 1.63 bits per heavy atom. The Bertz CT molecular complexity index is 705. The minimum absolute atomic E-state index is 0.0868. The van der Waals surface area contributed by atoms with Crippen LogP contribution in [0.1, 0.15) is 58.6 Å². The van der Waals surface area contributed by atoms with Gasteiger partial charge in [0, 0.05) is 13.2 Å². The Kier molecular flexibility index (Phi) is 7.19. The molecule has 1 saturated heterocycles. The molecule has 170 valence electrons. The molecule has 1 fully saturated rings. The molecule has 0 saturated carbocycles. The van der Waals surface area contributed by atoms with Crippen LogP contribution in [-0.2, 0) is 21.4 Å². The van der Waals surface area contributed by atoms with Crippen LogP contribution in [0.3, 0.4) is 0 Å². The highest BCUT2D eigenvalue weighted by Gasteiger charge is 2.41. The smallest absolute Gasteiger partial charge is 0.250 e. The molecule has 1 aliphatic rings. The summed E-state index contributed by atoms with van der Waals surface area (Å²) in [6, 6.07) is 6.38. The van der Waals surface area contributed by atoms with E-state index >= 15 is 0 Å². The van der Waals surface area contributed by atoms with Crippen LogP contribution in [0.4, 0.5) is 0 Å². The molecule has 1 N–H and O–H groups in total. The molecular weight excluding hydrogens is 408 g/mol. The first-order chi connectivity index (χ1) is 13.5. The molecule has 0 aromatic heterocycles. The molecule has 6 heteroatoms. The highest BCUT2D eigenvalue weighted by Crippen LogP contribution is 2.43. The van der Waals surface area contributed by atoms with E-state index in [1.54, 1.807) is 0 Å². The van der Waals surface area contributed by atoms with Crippen LogP contribution in [0, 0.1) is 0 Å². The van der Waals surface area contributed by atoms with Crippen molar-refractivity contribution in [1.82, 2.24) is 0 Å². The molecule has 0 bridgehead atoms. The molecule has 0 amide bonds. The van der Waals surface area contributed by atoms with Crippen molar-refractivity contribution < 1.29 is 18.8 Å². The maximum absolute atomic E-state index is 12.3. The van der Waals surface area contributed by atoms with Crippen molar-refractivity contribution in [3.8, 4) is 5.75 Å². The van der Waals surface area contributed by atoms with E-state index in [-0.39, 0.29) is 10.1 Å². The van der Waals surface area contributed by atoms with Gasteiger partial charge in [-0.15, -0.1) is 0 Å². The summed E-state index contributed by atoms with van der Waals surface area (Å²) in [5, 5.41) is -0.104. The molecule has 0 atom stereocenters. The van der Waals surface area contributed by atoms with E-state index in [1.807, 2.05) is 13.1 Å². The van der Waals surface area contributed by atoms with Crippen molar-refractivity contribution in [2.24, 2.45) is 0 Å². The zero-order valence-corrected chi connectivity index (χ0v) is 22.5. The number of hydrogen-bond donors (Lipinski definition) is 1. The standard InChI is InChI=1S/C24H42O4Si2/c1-22(2,3)30(8,9)28-21-15-19(17-23(4,5)29(6,7)26)14-20(16-21)24(18-25)10-12-27-13-11-24/h14-16,18,26H,10-13,17H2,1-9H3. The van der Waals surface area contributed by atoms with Gasteiger partial charge in [0.05, 0.1) is 5.41 Å². The third kappa shape index (κ3) is 5.44. The highest BCUT2D eigenvalue weighted by molar-refractivity contribution is 6.74. The Morgan fingerprint density at radius 1 is 1.07 bits per heavy atom. The van der Waals surface area contributed by atoms with Gasteiger partial charge in [-0.3, -0.25) is 0 Å². The fourth-order valence-corrected chi connectivity index (χ4v) is 5.14. The van der Waals surface area contributed by atoms with Gasteiger partial charge in [-0.1, -0.05) is 40.7 Å². The molecule has 4 nitrogen and oxygen atoms in total. The summed E-state index contributed by atoms with van der Waals surface area (Å²) in [5.74, 6) is 0.857. The molecule has 0 radical (unpaired) electrons. The summed E-state index contributed by atoms with van der Waals surface area (Å²) in [4.78, 5) is 23.1. The Morgan fingerprint density at radius 3 is 2.10 bits per heavy atom. The molecule has 30 heavy (non-hydrogen) atoms. The molecule has 1 heterocycles. The van der Waals surface area contributed by atoms with E-state index in [1.165, 1.54) is 0 Å². The molecule has 1 aromatic rings. The second kappa shape index (κ2) is 8.53. The van der Waals surface area contributed by atoms with Crippen LogP contribution in [0.2, 0.25) is 36.3 Å². The molecule has 1 aromatic carbocycles. The fourth-order valence-electron chi connectivity index (χ4n) is 3.49. The van der Waals surface area contributed by atoms with Gasteiger partial charge in [0.25, 0.3) is 0 Å². The van der Waals surface area contributed by atoms with Gasteiger partial charge in [-0.2, -0.15) is 0 Å². The summed E-state index contributed by atoms with van der Waals surface area (Å²) >= 11 is 0. The van der Waals surface area contributed by atoms with Gasteiger partial charge < -0.3 is 18.8 Å². The lowest BCUT2D eigenvalue weighted by atomic mass is 9.75. The molecule has 0 aliphatic carbocycles. The number of carbonyl (C=O) groups is 1. The summed E-state index contributed by atoms with van der Waals surface area (Å²) in [7, 11) is -4.39. The topological polar surface area (TPSA) is 55.8 Å². The lowest BCUT2D eigenvalue weighted by molar-refractivity contribution is -0.115. The normalized spacial score (nSPS) is 18.2. The summed E-state index contributed by atoms with van der Waals surface area (Å²) < 4.78 is 12.2. The van der Waals surface area contributed by atoms with Crippen molar-refractivity contribution in [3.05, 3.63) is 29.3 Å². The Labute approximate surface area is 185 Å². The number of aldehydes is 1. The minimum atomic E-state index is -2.37. The maximum Gasteiger partial charge on any atom is 0.250 e. The highest BCUT2D eigenvalue weighted by atomic mass is 28.4. The Balaban J connectivity index is 2.55. The number of benzene rings is 1. The van der Waals surface area contributed by atoms with Crippen LogP contribution < -0.4 is 4.43 Å². The summed E-state index contributed by atoms with van der Waals surface area (Å²) in [6.45, 7) is 20.7. The number of carbonyl (C=O) groups excluding carboxylic acids is 1. The quantitative estimate of drug-likeness (QED) is 0.419. The largest absolute Gasteiger partial charge is 0.543 e. The third-order valence-corrected chi connectivity index (χ3v) is 15.5. The second-order valence-corrected chi connectivity index (χ2v) is 20.9. The van der Waals surface area contributed by atoms with E-state index in [9.17, 15) is 9.59 Å². The van der Waals surface area contributed by atoms with Crippen LogP contribution in [-0.4, -0.2) is 40.9 Å². The van der Waals surface area contributed by atoms with E-state index in [0.29, 0.717) is 26.1 Å². The molecule has 0 unspecified atom stereocenters. The minimum Gasteiger partial charge on any atom is -0.543 e. The van der Waals surface area contributed by atoms with E-state index in [2.05, 4.69) is 65.9 Å². The predicted octanol–water partition coefficient (Wildman–Crippen LogP) is 5.84. The monoisotopic (exact) mass is 450 g/mol. The van der Waals surface area contributed by atoms with Gasteiger partial charge in [-0.25, -0.2) is 0 Å². The fraction of sp³-hybridized carbons (Fsp3) is 0.708. The summed E-state index contributed by atoms with van der Waals surface area (Å²) in [5.41, 5.74) is 1.64. The first-order valence-electron chi connectivity index (χ1n) is 11.1. The van der Waals surface area contributed by atoms with Crippen molar-refractivity contribution in [2.45, 2.75) is 95.6 Å². The molecular formula is C24H42O4Si2. The van der Waals surface area contributed by atoms with Crippen LogP contribution in [0.15, 0.2) is 18.2 Å². The lowest BCUT2D eigenvalue weighted by Crippen LogP contribution is -2.44. The van der Waals surface area contributed by atoms with Crippen LogP contribution >= 0.6 is 0 Å². The van der Waals surface area contributed by atoms with Gasteiger partial charge >= 0.3 is 0 Å². The van der Waals surface area contributed by atoms with E-state index < -0.39 is 22.0 Å².